The van der Waals surface area contributed by atoms with E-state index in [2.05, 4.69) is 0 Å². The topological polar surface area (TPSA) is 89.8 Å². The normalized spacial score (nSPS) is 16.6. The third-order valence-corrected chi connectivity index (χ3v) is 5.32. The molecule has 0 N–H and O–H groups in total. The molecule has 0 saturated carbocycles. The molecule has 162 valence electrons. The SMILES string of the molecule is CC1=C(C(=O)OC(C)C)C(c2cccc(C)c2)CC(=O)N1Cc1ccc([N+](=O)[O-])cc1. The Hall–Kier alpha value is -3.48. The molecule has 0 fully saturated rings. The fourth-order valence-corrected chi connectivity index (χ4v) is 3.82. The summed E-state index contributed by atoms with van der Waals surface area (Å²) in [5.41, 5.74) is 3.70. The molecule has 2 aromatic carbocycles. The van der Waals surface area contributed by atoms with Gasteiger partial charge >= 0.3 is 5.97 Å². The minimum Gasteiger partial charge on any atom is -0.460 e. The molecule has 0 saturated heterocycles. The van der Waals surface area contributed by atoms with Gasteiger partial charge in [-0.2, -0.15) is 0 Å². The summed E-state index contributed by atoms with van der Waals surface area (Å²) < 4.78 is 5.51. The average molecular weight is 422 g/mol. The molecule has 2 aromatic rings. The number of ether oxygens (including phenoxy) is 1. The van der Waals surface area contributed by atoms with E-state index in [-0.39, 0.29) is 36.6 Å². The first-order chi connectivity index (χ1) is 14.7. The minimum absolute atomic E-state index is 0.0123. The van der Waals surface area contributed by atoms with Crippen LogP contribution in [0.25, 0.3) is 0 Å². The van der Waals surface area contributed by atoms with E-state index in [1.54, 1.807) is 37.8 Å². The van der Waals surface area contributed by atoms with Gasteiger partial charge in [-0.1, -0.05) is 42.0 Å². The van der Waals surface area contributed by atoms with Gasteiger partial charge in [-0.15, -0.1) is 0 Å². The van der Waals surface area contributed by atoms with Crippen molar-refractivity contribution in [2.75, 3.05) is 0 Å². The van der Waals surface area contributed by atoms with Gasteiger partial charge in [0.2, 0.25) is 5.91 Å². The first kappa shape index (κ1) is 22.2. The molecule has 0 radical (unpaired) electrons. The molecule has 1 heterocycles. The first-order valence-corrected chi connectivity index (χ1v) is 10.2. The number of nitro benzene ring substituents is 1. The summed E-state index contributed by atoms with van der Waals surface area (Å²) in [6, 6.07) is 13.9. The van der Waals surface area contributed by atoms with E-state index in [1.807, 2.05) is 31.2 Å². The molecule has 1 aliphatic heterocycles. The molecule has 0 bridgehead atoms. The fourth-order valence-electron chi connectivity index (χ4n) is 3.82. The van der Waals surface area contributed by atoms with Crippen molar-refractivity contribution in [3.05, 3.63) is 86.6 Å². The van der Waals surface area contributed by atoms with Gasteiger partial charge in [-0.05, 0) is 38.8 Å². The number of aryl methyl sites for hydroxylation is 1. The number of hydrogen-bond donors (Lipinski definition) is 0. The van der Waals surface area contributed by atoms with Crippen LogP contribution in [0, 0.1) is 17.0 Å². The van der Waals surface area contributed by atoms with Gasteiger partial charge in [0.05, 0.1) is 23.1 Å². The summed E-state index contributed by atoms with van der Waals surface area (Å²) in [4.78, 5) is 38.1. The molecule has 0 aliphatic carbocycles. The second kappa shape index (κ2) is 9.12. The number of allylic oxidation sites excluding steroid dienone is 1. The lowest BCUT2D eigenvalue weighted by molar-refractivity contribution is -0.384. The Morgan fingerprint density at radius 1 is 1.19 bits per heavy atom. The van der Waals surface area contributed by atoms with Crippen LogP contribution in [-0.2, 0) is 20.9 Å². The maximum absolute atomic E-state index is 13.1. The Labute approximate surface area is 181 Å². The summed E-state index contributed by atoms with van der Waals surface area (Å²) >= 11 is 0. The largest absolute Gasteiger partial charge is 0.460 e. The zero-order valence-electron chi connectivity index (χ0n) is 18.1. The molecule has 3 rings (SSSR count). The third-order valence-electron chi connectivity index (χ3n) is 5.32. The molecule has 1 unspecified atom stereocenters. The van der Waals surface area contributed by atoms with Gasteiger partial charge < -0.3 is 9.64 Å². The van der Waals surface area contributed by atoms with Crippen molar-refractivity contribution in [3.63, 3.8) is 0 Å². The van der Waals surface area contributed by atoms with E-state index in [4.69, 9.17) is 4.74 Å². The summed E-state index contributed by atoms with van der Waals surface area (Å²) in [5, 5.41) is 10.9. The van der Waals surface area contributed by atoms with Crippen molar-refractivity contribution in [1.29, 1.82) is 0 Å². The van der Waals surface area contributed by atoms with E-state index in [1.165, 1.54) is 12.1 Å². The smallest absolute Gasteiger partial charge is 0.336 e. The highest BCUT2D eigenvalue weighted by molar-refractivity contribution is 5.96. The lowest BCUT2D eigenvalue weighted by Gasteiger charge is -2.35. The van der Waals surface area contributed by atoms with E-state index in [0.717, 1.165) is 16.7 Å². The third kappa shape index (κ3) is 4.99. The molecule has 1 amide bonds. The maximum atomic E-state index is 13.1. The molecular formula is C24H26N2O5. The maximum Gasteiger partial charge on any atom is 0.336 e. The predicted octanol–water partition coefficient (Wildman–Crippen LogP) is 4.64. The fraction of sp³-hybridized carbons (Fsp3) is 0.333. The number of amides is 1. The first-order valence-electron chi connectivity index (χ1n) is 10.2. The van der Waals surface area contributed by atoms with Crippen LogP contribution in [0.2, 0.25) is 0 Å². The van der Waals surface area contributed by atoms with E-state index in [0.29, 0.717) is 11.3 Å². The van der Waals surface area contributed by atoms with Crippen LogP contribution in [-0.4, -0.2) is 27.8 Å². The van der Waals surface area contributed by atoms with Gasteiger partial charge in [-0.3, -0.25) is 14.9 Å². The van der Waals surface area contributed by atoms with Crippen LogP contribution in [0.15, 0.2) is 59.8 Å². The van der Waals surface area contributed by atoms with E-state index in [9.17, 15) is 19.7 Å². The number of hydrogen-bond acceptors (Lipinski definition) is 5. The van der Waals surface area contributed by atoms with Gasteiger partial charge in [0.1, 0.15) is 0 Å². The number of benzene rings is 2. The molecule has 1 aliphatic rings. The van der Waals surface area contributed by atoms with Gasteiger partial charge in [0.15, 0.2) is 0 Å². The van der Waals surface area contributed by atoms with Crippen molar-refractivity contribution in [3.8, 4) is 0 Å². The van der Waals surface area contributed by atoms with Crippen LogP contribution >= 0.6 is 0 Å². The molecule has 7 nitrogen and oxygen atoms in total. The molecule has 0 aromatic heterocycles. The van der Waals surface area contributed by atoms with Crippen molar-refractivity contribution in [2.24, 2.45) is 0 Å². The molecule has 7 heteroatoms. The monoisotopic (exact) mass is 422 g/mol. The van der Waals surface area contributed by atoms with Gasteiger partial charge in [-0.25, -0.2) is 4.79 Å². The Morgan fingerprint density at radius 2 is 1.87 bits per heavy atom. The minimum atomic E-state index is -0.465. The zero-order valence-corrected chi connectivity index (χ0v) is 18.1. The molecular weight excluding hydrogens is 396 g/mol. The van der Waals surface area contributed by atoms with Crippen LogP contribution in [0.4, 0.5) is 5.69 Å². The second-order valence-electron chi connectivity index (χ2n) is 8.03. The lowest BCUT2D eigenvalue weighted by atomic mass is 9.83. The number of nitrogens with zero attached hydrogens (tertiary/aromatic N) is 2. The number of nitro groups is 1. The molecule has 0 spiro atoms. The van der Waals surface area contributed by atoms with Crippen LogP contribution in [0.1, 0.15) is 49.8 Å². The molecule has 1 atom stereocenters. The number of rotatable bonds is 6. The van der Waals surface area contributed by atoms with E-state index >= 15 is 0 Å². The van der Waals surface area contributed by atoms with Crippen LogP contribution in [0.3, 0.4) is 0 Å². The molecule has 31 heavy (non-hydrogen) atoms. The number of esters is 1. The van der Waals surface area contributed by atoms with Crippen LogP contribution in [0.5, 0.6) is 0 Å². The number of non-ortho nitro benzene ring substituents is 1. The number of carbonyl (C=O) groups is 2. The number of carbonyl (C=O) groups excluding carboxylic acids is 2. The van der Waals surface area contributed by atoms with Gasteiger partial charge in [0, 0.05) is 30.2 Å². The predicted molar refractivity (Wildman–Crippen MR) is 116 cm³/mol. The van der Waals surface area contributed by atoms with Crippen molar-refractivity contribution in [2.45, 2.75) is 52.7 Å². The standard InChI is InChI=1S/C24H26N2O5/c1-15(2)31-24(28)23-17(4)25(14-18-8-10-20(11-9-18)26(29)30)22(27)13-21(23)19-7-5-6-16(3)12-19/h5-12,15,21H,13-14H2,1-4H3. The lowest BCUT2D eigenvalue weighted by Crippen LogP contribution is -2.38. The highest BCUT2D eigenvalue weighted by Crippen LogP contribution is 2.38. The van der Waals surface area contributed by atoms with E-state index < -0.39 is 10.9 Å². The Morgan fingerprint density at radius 3 is 2.45 bits per heavy atom. The second-order valence-corrected chi connectivity index (χ2v) is 8.03. The quantitative estimate of drug-likeness (QED) is 0.384. The highest BCUT2D eigenvalue weighted by Gasteiger charge is 2.37. The summed E-state index contributed by atoms with van der Waals surface area (Å²) in [5.74, 6) is -0.921. The average Bonchev–Trinajstić information content (AvgIpc) is 2.70. The van der Waals surface area contributed by atoms with Gasteiger partial charge in [0.25, 0.3) is 5.69 Å². The zero-order chi connectivity index (χ0) is 22.7. The Bertz CT molecular complexity index is 1040. The summed E-state index contributed by atoms with van der Waals surface area (Å²) in [7, 11) is 0. The Kier molecular flexibility index (Phi) is 6.53. The highest BCUT2D eigenvalue weighted by atomic mass is 16.6. The summed E-state index contributed by atoms with van der Waals surface area (Å²) in [6.07, 6.45) is -0.136. The van der Waals surface area contributed by atoms with Crippen LogP contribution < -0.4 is 0 Å². The van der Waals surface area contributed by atoms with Crippen molar-refractivity contribution < 1.29 is 19.2 Å². The summed E-state index contributed by atoms with van der Waals surface area (Å²) in [6.45, 7) is 7.53. The van der Waals surface area contributed by atoms with Crippen molar-refractivity contribution in [1.82, 2.24) is 4.90 Å². The Balaban J connectivity index is 2.00. The van der Waals surface area contributed by atoms with Crippen molar-refractivity contribution >= 4 is 17.6 Å².